The highest BCUT2D eigenvalue weighted by Crippen LogP contribution is 2.15. The van der Waals surface area contributed by atoms with Crippen LogP contribution in [0.3, 0.4) is 0 Å². The van der Waals surface area contributed by atoms with Crippen molar-refractivity contribution in [3.63, 3.8) is 0 Å². The van der Waals surface area contributed by atoms with Gasteiger partial charge in [0.2, 0.25) is 0 Å². The first-order chi connectivity index (χ1) is 7.22. The molecule has 1 N–H and O–H groups in total. The minimum atomic E-state index is -4.09. The van der Waals surface area contributed by atoms with Crippen LogP contribution in [0, 0.1) is 5.92 Å². The van der Waals surface area contributed by atoms with Crippen LogP contribution in [0.15, 0.2) is 0 Å². The van der Waals surface area contributed by atoms with E-state index in [1.54, 1.807) is 0 Å². The van der Waals surface area contributed by atoms with Gasteiger partial charge in [-0.1, -0.05) is 13.8 Å². The molecule has 0 aliphatic heterocycles. The number of hydrogen-bond donors (Lipinski definition) is 1. The maximum absolute atomic E-state index is 12.0. The Morgan fingerprint density at radius 2 is 1.75 bits per heavy atom. The number of rotatable bonds is 7. The van der Waals surface area contributed by atoms with Crippen molar-refractivity contribution in [2.75, 3.05) is 26.7 Å². The lowest BCUT2D eigenvalue weighted by Gasteiger charge is -2.20. The highest BCUT2D eigenvalue weighted by molar-refractivity contribution is 4.65. The molecule has 0 aromatic carbocycles. The first-order valence-corrected chi connectivity index (χ1v) is 5.71. The Labute approximate surface area is 96.2 Å². The molecule has 0 aromatic rings. The monoisotopic (exact) mass is 240 g/mol. The topological polar surface area (TPSA) is 15.3 Å². The largest absolute Gasteiger partial charge is 0.401 e. The summed E-state index contributed by atoms with van der Waals surface area (Å²) in [5, 5.41) is 3.29. The van der Waals surface area contributed by atoms with Gasteiger partial charge in [0.15, 0.2) is 0 Å². The van der Waals surface area contributed by atoms with E-state index in [-0.39, 0.29) is 0 Å². The first-order valence-electron chi connectivity index (χ1n) is 5.71. The minimum absolute atomic E-state index is 0.410. The molecule has 0 amide bonds. The second kappa shape index (κ2) is 7.12. The highest BCUT2D eigenvalue weighted by Gasteiger charge is 2.28. The van der Waals surface area contributed by atoms with E-state index >= 15 is 0 Å². The zero-order valence-corrected chi connectivity index (χ0v) is 10.6. The summed E-state index contributed by atoms with van der Waals surface area (Å²) in [5.74, 6) is 0.549. The van der Waals surface area contributed by atoms with Crippen molar-refractivity contribution in [3.8, 4) is 0 Å². The second-order valence-corrected chi connectivity index (χ2v) is 4.69. The average molecular weight is 240 g/mol. The van der Waals surface area contributed by atoms with Crippen molar-refractivity contribution in [2.24, 2.45) is 5.92 Å². The molecule has 0 bridgehead atoms. The third kappa shape index (κ3) is 8.97. The number of alkyl halides is 3. The number of halogens is 3. The number of nitrogens with zero attached hydrogens (tertiary/aromatic N) is 1. The smallest absolute Gasteiger partial charge is 0.314 e. The Kier molecular flexibility index (Phi) is 6.99. The van der Waals surface area contributed by atoms with Crippen LogP contribution >= 0.6 is 0 Å². The Morgan fingerprint density at radius 1 is 1.19 bits per heavy atom. The summed E-state index contributed by atoms with van der Waals surface area (Å²) in [6, 6.07) is 0.410. The molecule has 5 heteroatoms. The molecule has 98 valence electrons. The lowest BCUT2D eigenvalue weighted by Crippen LogP contribution is -2.35. The quantitative estimate of drug-likeness (QED) is 0.688. The molecule has 1 atom stereocenters. The molecule has 1 unspecified atom stereocenters. The summed E-state index contributed by atoms with van der Waals surface area (Å²) in [7, 11) is 1.50. The van der Waals surface area contributed by atoms with Crippen LogP contribution in [0.4, 0.5) is 13.2 Å². The molecule has 0 spiro atoms. The van der Waals surface area contributed by atoms with Crippen LogP contribution in [0.25, 0.3) is 0 Å². The predicted molar refractivity (Wildman–Crippen MR) is 60.5 cm³/mol. The van der Waals surface area contributed by atoms with Crippen molar-refractivity contribution >= 4 is 0 Å². The van der Waals surface area contributed by atoms with E-state index in [1.807, 2.05) is 0 Å². The van der Waals surface area contributed by atoms with E-state index in [2.05, 4.69) is 26.1 Å². The molecular weight excluding hydrogens is 217 g/mol. The van der Waals surface area contributed by atoms with E-state index in [1.165, 1.54) is 11.9 Å². The van der Waals surface area contributed by atoms with Crippen molar-refractivity contribution in [1.29, 1.82) is 0 Å². The Morgan fingerprint density at radius 3 is 2.19 bits per heavy atom. The van der Waals surface area contributed by atoms with Crippen molar-refractivity contribution in [3.05, 3.63) is 0 Å². The zero-order valence-electron chi connectivity index (χ0n) is 10.6. The molecule has 16 heavy (non-hydrogen) atoms. The standard InChI is InChI=1S/C11H23F3N2/c1-9(2)10(3)15-6-5-7-16(4)8-11(12,13)14/h9-10,15H,5-8H2,1-4H3. The van der Waals surface area contributed by atoms with Gasteiger partial charge in [-0.15, -0.1) is 0 Å². The van der Waals surface area contributed by atoms with Gasteiger partial charge in [-0.05, 0) is 39.4 Å². The van der Waals surface area contributed by atoms with Gasteiger partial charge in [-0.2, -0.15) is 13.2 Å². The van der Waals surface area contributed by atoms with Gasteiger partial charge in [0.05, 0.1) is 6.54 Å². The summed E-state index contributed by atoms with van der Waals surface area (Å²) in [6.45, 7) is 6.73. The molecule has 0 rings (SSSR count). The van der Waals surface area contributed by atoms with Crippen molar-refractivity contribution < 1.29 is 13.2 Å². The molecule has 0 saturated heterocycles. The minimum Gasteiger partial charge on any atom is -0.314 e. The third-order valence-corrected chi connectivity index (χ3v) is 2.63. The summed E-state index contributed by atoms with van der Waals surface area (Å²) >= 11 is 0. The number of nitrogens with one attached hydrogen (secondary N) is 1. The Hall–Kier alpha value is -0.290. The lowest BCUT2D eigenvalue weighted by atomic mass is 10.1. The van der Waals surface area contributed by atoms with Gasteiger partial charge >= 0.3 is 6.18 Å². The van der Waals surface area contributed by atoms with E-state index in [0.29, 0.717) is 18.5 Å². The van der Waals surface area contributed by atoms with Crippen LogP contribution < -0.4 is 5.32 Å². The molecule has 0 aliphatic rings. The Balaban J connectivity index is 3.52. The molecule has 0 aromatic heterocycles. The van der Waals surface area contributed by atoms with Crippen LogP contribution in [0.2, 0.25) is 0 Å². The van der Waals surface area contributed by atoms with Crippen molar-refractivity contribution in [1.82, 2.24) is 10.2 Å². The number of hydrogen-bond acceptors (Lipinski definition) is 2. The van der Waals surface area contributed by atoms with Crippen LogP contribution in [0.5, 0.6) is 0 Å². The van der Waals surface area contributed by atoms with E-state index in [9.17, 15) is 13.2 Å². The summed E-state index contributed by atoms with van der Waals surface area (Å²) in [4.78, 5) is 1.31. The maximum atomic E-state index is 12.0. The van der Waals surface area contributed by atoms with Gasteiger partial charge < -0.3 is 5.32 Å². The van der Waals surface area contributed by atoms with Crippen LogP contribution in [-0.4, -0.2) is 43.8 Å². The molecule has 0 fully saturated rings. The Bertz CT molecular complexity index is 181. The van der Waals surface area contributed by atoms with Crippen molar-refractivity contribution in [2.45, 2.75) is 39.4 Å². The van der Waals surface area contributed by atoms with Gasteiger partial charge in [-0.3, -0.25) is 4.90 Å². The predicted octanol–water partition coefficient (Wildman–Crippen LogP) is 2.50. The van der Waals surface area contributed by atoms with Gasteiger partial charge in [0.25, 0.3) is 0 Å². The summed E-state index contributed by atoms with van der Waals surface area (Å²) in [5.41, 5.74) is 0. The van der Waals surface area contributed by atoms with Gasteiger partial charge in [0.1, 0.15) is 0 Å². The molecular formula is C11H23F3N2. The molecule has 0 saturated carbocycles. The normalized spacial score (nSPS) is 14.8. The van der Waals surface area contributed by atoms with Crippen LogP contribution in [0.1, 0.15) is 27.2 Å². The molecule has 0 aliphatic carbocycles. The second-order valence-electron chi connectivity index (χ2n) is 4.69. The SMILES string of the molecule is CC(C)C(C)NCCCN(C)CC(F)(F)F. The van der Waals surface area contributed by atoms with Crippen LogP contribution in [-0.2, 0) is 0 Å². The van der Waals surface area contributed by atoms with E-state index < -0.39 is 12.7 Å². The third-order valence-electron chi connectivity index (χ3n) is 2.63. The van der Waals surface area contributed by atoms with E-state index in [0.717, 1.165) is 13.0 Å². The zero-order chi connectivity index (χ0) is 12.8. The lowest BCUT2D eigenvalue weighted by molar-refractivity contribution is -0.143. The van der Waals surface area contributed by atoms with Gasteiger partial charge in [0, 0.05) is 6.04 Å². The fourth-order valence-corrected chi connectivity index (χ4v) is 1.30. The highest BCUT2D eigenvalue weighted by atomic mass is 19.4. The summed E-state index contributed by atoms with van der Waals surface area (Å²) < 4.78 is 36.0. The fourth-order valence-electron chi connectivity index (χ4n) is 1.30. The average Bonchev–Trinajstić information content (AvgIpc) is 2.08. The first kappa shape index (κ1) is 15.7. The molecule has 0 radical (unpaired) electrons. The van der Waals surface area contributed by atoms with Gasteiger partial charge in [-0.25, -0.2) is 0 Å². The van der Waals surface area contributed by atoms with E-state index in [4.69, 9.17) is 0 Å². The molecule has 2 nitrogen and oxygen atoms in total. The maximum Gasteiger partial charge on any atom is 0.401 e. The molecule has 0 heterocycles. The summed E-state index contributed by atoms with van der Waals surface area (Å²) in [6.07, 6.45) is -3.35. The fraction of sp³-hybridized carbons (Fsp3) is 1.00.